The fourth-order valence-electron chi connectivity index (χ4n) is 3.28. The van der Waals surface area contributed by atoms with Crippen molar-refractivity contribution >= 4 is 5.69 Å². The van der Waals surface area contributed by atoms with Gasteiger partial charge in [0.1, 0.15) is 5.82 Å². The first-order valence-corrected chi connectivity index (χ1v) is 7.13. The van der Waals surface area contributed by atoms with Gasteiger partial charge in [0.2, 0.25) is 0 Å². The molecule has 4 heteroatoms. The number of nitrogen functional groups attached to an aromatic ring is 1. The van der Waals surface area contributed by atoms with Gasteiger partial charge in [-0.1, -0.05) is 18.9 Å². The van der Waals surface area contributed by atoms with Crippen LogP contribution >= 0.6 is 0 Å². The zero-order valence-electron chi connectivity index (χ0n) is 11.1. The third-order valence-corrected chi connectivity index (χ3v) is 4.30. The molecule has 3 rings (SSSR count). The number of hydrogen-bond acceptors (Lipinski definition) is 3. The number of hydrogen-bond donors (Lipinski definition) is 1. The normalized spacial score (nSPS) is 28.1. The minimum atomic E-state index is -0.196. The van der Waals surface area contributed by atoms with Crippen molar-refractivity contribution in [2.45, 2.75) is 44.4 Å². The van der Waals surface area contributed by atoms with E-state index in [1.807, 2.05) is 0 Å². The fraction of sp³-hybridized carbons (Fsp3) is 0.600. The van der Waals surface area contributed by atoms with Crippen molar-refractivity contribution in [2.24, 2.45) is 0 Å². The quantitative estimate of drug-likeness (QED) is 0.834. The van der Waals surface area contributed by atoms with Crippen LogP contribution in [0.4, 0.5) is 10.1 Å². The standard InChI is InChI=1S/C15H21FN2O/c16-13-9-12(17)6-5-11(13)10-18-7-8-19-15-4-2-1-3-14(15)18/h5-6,9,14-15H,1-4,7-8,10,17H2. The average Bonchev–Trinajstić information content (AvgIpc) is 2.42. The van der Waals surface area contributed by atoms with Crippen molar-refractivity contribution < 1.29 is 9.13 Å². The number of nitrogens with zero attached hydrogens (tertiary/aromatic N) is 1. The topological polar surface area (TPSA) is 38.5 Å². The van der Waals surface area contributed by atoms with Crippen molar-refractivity contribution in [3.8, 4) is 0 Å². The Balaban J connectivity index is 1.74. The lowest BCUT2D eigenvalue weighted by Gasteiger charge is -2.43. The molecule has 0 amide bonds. The summed E-state index contributed by atoms with van der Waals surface area (Å²) in [6.45, 7) is 2.32. The Kier molecular flexibility index (Phi) is 3.71. The maximum absolute atomic E-state index is 13.9. The average molecular weight is 264 g/mol. The first-order chi connectivity index (χ1) is 9.24. The van der Waals surface area contributed by atoms with Crippen molar-refractivity contribution in [2.75, 3.05) is 18.9 Å². The number of morpholine rings is 1. The zero-order valence-corrected chi connectivity index (χ0v) is 11.1. The van der Waals surface area contributed by atoms with E-state index in [-0.39, 0.29) is 5.82 Å². The minimum absolute atomic E-state index is 0.196. The Labute approximate surface area is 113 Å². The molecule has 19 heavy (non-hydrogen) atoms. The highest BCUT2D eigenvalue weighted by atomic mass is 19.1. The van der Waals surface area contributed by atoms with Crippen LogP contribution in [-0.2, 0) is 11.3 Å². The third kappa shape index (κ3) is 2.74. The molecule has 1 aromatic carbocycles. The molecule has 1 saturated carbocycles. The molecule has 104 valence electrons. The molecular weight excluding hydrogens is 243 g/mol. The highest BCUT2D eigenvalue weighted by Crippen LogP contribution is 2.29. The molecule has 1 aliphatic carbocycles. The summed E-state index contributed by atoms with van der Waals surface area (Å²) in [5, 5.41) is 0. The van der Waals surface area contributed by atoms with Crippen LogP contribution in [0.5, 0.6) is 0 Å². The summed E-state index contributed by atoms with van der Waals surface area (Å²) < 4.78 is 19.7. The fourth-order valence-corrected chi connectivity index (χ4v) is 3.28. The van der Waals surface area contributed by atoms with Crippen LogP contribution in [0.15, 0.2) is 18.2 Å². The van der Waals surface area contributed by atoms with Crippen LogP contribution in [0.3, 0.4) is 0 Å². The molecule has 1 heterocycles. The van der Waals surface area contributed by atoms with Gasteiger partial charge in [-0.25, -0.2) is 4.39 Å². The van der Waals surface area contributed by atoms with Gasteiger partial charge in [-0.15, -0.1) is 0 Å². The van der Waals surface area contributed by atoms with Crippen LogP contribution in [-0.4, -0.2) is 30.2 Å². The van der Waals surface area contributed by atoms with Crippen LogP contribution in [0.25, 0.3) is 0 Å². The molecule has 1 aromatic rings. The van der Waals surface area contributed by atoms with Crippen LogP contribution in [0, 0.1) is 5.82 Å². The summed E-state index contributed by atoms with van der Waals surface area (Å²) in [5.74, 6) is -0.196. The Morgan fingerprint density at radius 2 is 2.16 bits per heavy atom. The lowest BCUT2D eigenvalue weighted by molar-refractivity contribution is -0.0913. The molecule has 1 saturated heterocycles. The molecule has 0 spiro atoms. The van der Waals surface area contributed by atoms with E-state index in [4.69, 9.17) is 10.5 Å². The van der Waals surface area contributed by atoms with Gasteiger partial charge in [-0.3, -0.25) is 4.90 Å². The monoisotopic (exact) mass is 264 g/mol. The number of benzene rings is 1. The number of ether oxygens (including phenoxy) is 1. The summed E-state index contributed by atoms with van der Waals surface area (Å²) in [6, 6.07) is 5.45. The van der Waals surface area contributed by atoms with Gasteiger partial charge in [0.25, 0.3) is 0 Å². The van der Waals surface area contributed by atoms with Gasteiger partial charge < -0.3 is 10.5 Å². The molecule has 2 N–H and O–H groups in total. The highest BCUT2D eigenvalue weighted by molar-refractivity contribution is 5.40. The smallest absolute Gasteiger partial charge is 0.129 e. The molecule has 1 aliphatic heterocycles. The second kappa shape index (κ2) is 5.47. The predicted octanol–water partition coefficient (Wildman–Crippen LogP) is 2.55. The maximum atomic E-state index is 13.9. The van der Waals surface area contributed by atoms with Gasteiger partial charge >= 0.3 is 0 Å². The molecule has 2 atom stereocenters. The lowest BCUT2D eigenvalue weighted by atomic mass is 9.90. The number of rotatable bonds is 2. The Morgan fingerprint density at radius 1 is 1.32 bits per heavy atom. The lowest BCUT2D eigenvalue weighted by Crippen LogP contribution is -2.52. The van der Waals surface area contributed by atoms with E-state index < -0.39 is 0 Å². The summed E-state index contributed by atoms with van der Waals surface area (Å²) >= 11 is 0. The largest absolute Gasteiger partial charge is 0.399 e. The number of anilines is 1. The van der Waals surface area contributed by atoms with E-state index in [9.17, 15) is 4.39 Å². The first-order valence-electron chi connectivity index (χ1n) is 7.13. The van der Waals surface area contributed by atoms with E-state index in [1.165, 1.54) is 25.3 Å². The van der Waals surface area contributed by atoms with E-state index in [2.05, 4.69) is 4.90 Å². The van der Waals surface area contributed by atoms with Gasteiger partial charge in [0.15, 0.2) is 0 Å². The predicted molar refractivity (Wildman–Crippen MR) is 73.2 cm³/mol. The van der Waals surface area contributed by atoms with Gasteiger partial charge in [0.05, 0.1) is 12.7 Å². The Hall–Kier alpha value is -1.13. The molecule has 0 radical (unpaired) electrons. The molecule has 2 fully saturated rings. The third-order valence-electron chi connectivity index (χ3n) is 4.30. The van der Waals surface area contributed by atoms with Crippen LogP contribution < -0.4 is 5.73 Å². The second-order valence-corrected chi connectivity index (χ2v) is 5.58. The molecule has 0 bridgehead atoms. The number of halogens is 1. The number of fused-ring (bicyclic) bond motifs is 1. The second-order valence-electron chi connectivity index (χ2n) is 5.58. The van der Waals surface area contributed by atoms with E-state index in [0.29, 0.717) is 24.4 Å². The molecule has 0 aromatic heterocycles. The van der Waals surface area contributed by atoms with E-state index in [1.54, 1.807) is 12.1 Å². The van der Waals surface area contributed by atoms with E-state index in [0.717, 1.165) is 25.1 Å². The van der Waals surface area contributed by atoms with Gasteiger partial charge in [-0.05, 0) is 25.0 Å². The van der Waals surface area contributed by atoms with Crippen molar-refractivity contribution in [3.63, 3.8) is 0 Å². The zero-order chi connectivity index (χ0) is 13.2. The van der Waals surface area contributed by atoms with Crippen molar-refractivity contribution in [1.29, 1.82) is 0 Å². The van der Waals surface area contributed by atoms with E-state index >= 15 is 0 Å². The molecular formula is C15H21FN2O. The van der Waals surface area contributed by atoms with Crippen LogP contribution in [0.2, 0.25) is 0 Å². The Morgan fingerprint density at radius 3 is 3.00 bits per heavy atom. The highest BCUT2D eigenvalue weighted by Gasteiger charge is 2.34. The summed E-state index contributed by atoms with van der Waals surface area (Å²) in [4.78, 5) is 2.38. The molecule has 2 aliphatic rings. The summed E-state index contributed by atoms with van der Waals surface area (Å²) in [7, 11) is 0. The minimum Gasteiger partial charge on any atom is -0.399 e. The molecule has 2 unspecified atom stereocenters. The Bertz CT molecular complexity index is 450. The summed E-state index contributed by atoms with van der Waals surface area (Å²) in [6.07, 6.45) is 5.17. The maximum Gasteiger partial charge on any atom is 0.129 e. The van der Waals surface area contributed by atoms with Crippen molar-refractivity contribution in [1.82, 2.24) is 4.90 Å². The SMILES string of the molecule is Nc1ccc(CN2CCOC3CCCCC32)c(F)c1. The van der Waals surface area contributed by atoms with Crippen molar-refractivity contribution in [3.05, 3.63) is 29.6 Å². The van der Waals surface area contributed by atoms with Gasteiger partial charge in [-0.2, -0.15) is 0 Å². The number of nitrogens with two attached hydrogens (primary N) is 1. The van der Waals surface area contributed by atoms with Crippen LogP contribution in [0.1, 0.15) is 31.2 Å². The first kappa shape index (κ1) is 12.9. The summed E-state index contributed by atoms with van der Waals surface area (Å²) in [5.41, 5.74) is 6.81. The van der Waals surface area contributed by atoms with Gasteiger partial charge in [0, 0.05) is 30.4 Å². The molecule has 3 nitrogen and oxygen atoms in total.